The van der Waals surface area contributed by atoms with Gasteiger partial charge >= 0.3 is 5.97 Å². The van der Waals surface area contributed by atoms with Crippen LogP contribution in [0.25, 0.3) is 0 Å². The smallest absolute Gasteiger partial charge is 0.307 e. The van der Waals surface area contributed by atoms with Crippen molar-refractivity contribution in [3.05, 3.63) is 23.2 Å². The quantitative estimate of drug-likeness (QED) is 0.855. The Bertz CT molecular complexity index is 491. The fraction of sp³-hybridized carbons (Fsp3) is 0.538. The molecule has 0 bridgehead atoms. The van der Waals surface area contributed by atoms with Gasteiger partial charge in [0.1, 0.15) is 11.5 Å². The Hall–Kier alpha value is -1.78. The van der Waals surface area contributed by atoms with Crippen molar-refractivity contribution in [1.29, 1.82) is 0 Å². The normalized spacial score (nSPS) is 23.5. The molecule has 1 aromatic rings. The van der Waals surface area contributed by atoms with Gasteiger partial charge in [-0.15, -0.1) is 0 Å². The average Bonchev–Trinajstić information content (AvgIpc) is 2.99. The van der Waals surface area contributed by atoms with Gasteiger partial charge in [-0.05, 0) is 33.3 Å². The first-order chi connectivity index (χ1) is 8.40. The number of carbonyl (C=O) groups excluding carboxylic acids is 1. The van der Waals surface area contributed by atoms with Crippen LogP contribution in [0.15, 0.2) is 10.5 Å². The average molecular weight is 251 g/mol. The Morgan fingerprint density at radius 3 is 2.56 bits per heavy atom. The van der Waals surface area contributed by atoms with Crippen molar-refractivity contribution in [2.75, 3.05) is 0 Å². The number of carbonyl (C=O) groups is 2. The molecule has 2 rings (SSSR count). The number of furan rings is 1. The van der Waals surface area contributed by atoms with E-state index >= 15 is 0 Å². The molecule has 3 atom stereocenters. The van der Waals surface area contributed by atoms with Gasteiger partial charge in [-0.2, -0.15) is 0 Å². The number of nitrogens with one attached hydrogen (secondary N) is 1. The van der Waals surface area contributed by atoms with E-state index in [0.717, 1.165) is 17.1 Å². The molecule has 1 aliphatic rings. The molecule has 2 N–H and O–H groups in total. The van der Waals surface area contributed by atoms with E-state index in [1.807, 2.05) is 26.8 Å². The van der Waals surface area contributed by atoms with Crippen molar-refractivity contribution in [3.63, 3.8) is 0 Å². The van der Waals surface area contributed by atoms with Crippen molar-refractivity contribution in [1.82, 2.24) is 5.32 Å². The fourth-order valence-corrected chi connectivity index (χ4v) is 2.24. The number of carboxylic acids is 1. The Labute approximate surface area is 105 Å². The van der Waals surface area contributed by atoms with E-state index < -0.39 is 11.9 Å². The second kappa shape index (κ2) is 4.48. The highest BCUT2D eigenvalue weighted by Gasteiger charge is 2.48. The Morgan fingerprint density at radius 2 is 2.11 bits per heavy atom. The molecule has 0 aromatic carbocycles. The molecule has 18 heavy (non-hydrogen) atoms. The summed E-state index contributed by atoms with van der Waals surface area (Å²) >= 11 is 0. The maximum atomic E-state index is 11.8. The molecule has 1 heterocycles. The maximum absolute atomic E-state index is 11.8. The number of rotatable bonds is 4. The molecule has 1 amide bonds. The zero-order valence-corrected chi connectivity index (χ0v) is 10.7. The van der Waals surface area contributed by atoms with Crippen molar-refractivity contribution in [3.8, 4) is 0 Å². The zero-order chi connectivity index (χ0) is 13.4. The summed E-state index contributed by atoms with van der Waals surface area (Å²) in [6.07, 6.45) is 0.442. The van der Waals surface area contributed by atoms with Crippen LogP contribution in [0.1, 0.15) is 36.5 Å². The molecule has 0 aliphatic heterocycles. The minimum absolute atomic E-state index is 0.162. The Kier molecular flexibility index (Phi) is 3.15. The van der Waals surface area contributed by atoms with Crippen LogP contribution in [0.3, 0.4) is 0 Å². The second-order valence-corrected chi connectivity index (χ2v) is 4.89. The minimum atomic E-state index is -0.891. The van der Waals surface area contributed by atoms with Gasteiger partial charge < -0.3 is 14.8 Å². The SMILES string of the molecule is Cc1cc([C@H](C)NC(=O)[C@@H]2C[C@@H]2C(=O)O)c(C)o1. The highest BCUT2D eigenvalue weighted by molar-refractivity contribution is 5.89. The predicted octanol–water partition coefficient (Wildman–Crippen LogP) is 1.79. The summed E-state index contributed by atoms with van der Waals surface area (Å²) in [6, 6.07) is 1.73. The first kappa shape index (κ1) is 12.7. The number of aliphatic carboxylic acids is 1. The van der Waals surface area contributed by atoms with E-state index in [2.05, 4.69) is 5.32 Å². The molecular formula is C13H17NO4. The van der Waals surface area contributed by atoms with Gasteiger partial charge in [0.25, 0.3) is 0 Å². The lowest BCUT2D eigenvalue weighted by Crippen LogP contribution is -2.29. The first-order valence-corrected chi connectivity index (χ1v) is 6.00. The highest BCUT2D eigenvalue weighted by atomic mass is 16.4. The van der Waals surface area contributed by atoms with Crippen LogP contribution < -0.4 is 5.32 Å². The summed E-state index contributed by atoms with van der Waals surface area (Å²) in [5, 5.41) is 11.6. The summed E-state index contributed by atoms with van der Waals surface area (Å²) < 4.78 is 5.41. The summed E-state index contributed by atoms with van der Waals surface area (Å²) in [5.74, 6) is -0.377. The summed E-state index contributed by atoms with van der Waals surface area (Å²) in [6.45, 7) is 5.57. The van der Waals surface area contributed by atoms with E-state index in [0.29, 0.717) is 6.42 Å². The predicted molar refractivity (Wildman–Crippen MR) is 64.0 cm³/mol. The van der Waals surface area contributed by atoms with Crippen LogP contribution in [0.5, 0.6) is 0 Å². The van der Waals surface area contributed by atoms with Crippen molar-refractivity contribution in [2.45, 2.75) is 33.2 Å². The van der Waals surface area contributed by atoms with Crippen LogP contribution in [-0.2, 0) is 9.59 Å². The van der Waals surface area contributed by atoms with Crippen LogP contribution >= 0.6 is 0 Å². The van der Waals surface area contributed by atoms with Gasteiger partial charge in [0.2, 0.25) is 5.91 Å². The van der Waals surface area contributed by atoms with Gasteiger partial charge in [-0.25, -0.2) is 0 Å². The number of amides is 1. The van der Waals surface area contributed by atoms with Crippen molar-refractivity contribution in [2.24, 2.45) is 11.8 Å². The second-order valence-electron chi connectivity index (χ2n) is 4.89. The molecule has 5 heteroatoms. The summed E-state index contributed by atoms with van der Waals surface area (Å²) in [4.78, 5) is 22.5. The maximum Gasteiger partial charge on any atom is 0.307 e. The fourth-order valence-electron chi connectivity index (χ4n) is 2.24. The third kappa shape index (κ3) is 2.39. The third-order valence-corrected chi connectivity index (χ3v) is 3.35. The van der Waals surface area contributed by atoms with Crippen LogP contribution in [0.2, 0.25) is 0 Å². The van der Waals surface area contributed by atoms with Crippen molar-refractivity contribution >= 4 is 11.9 Å². The lowest BCUT2D eigenvalue weighted by molar-refractivity contribution is -0.140. The molecule has 98 valence electrons. The molecule has 0 saturated heterocycles. The standard InChI is InChI=1S/C13H17NO4/c1-6-4-9(8(3)18-6)7(2)14-12(15)10-5-11(10)13(16)17/h4,7,10-11H,5H2,1-3H3,(H,14,15)(H,16,17)/t7-,10+,11-/m0/s1. The molecule has 0 radical (unpaired) electrons. The summed E-state index contributed by atoms with van der Waals surface area (Å²) in [7, 11) is 0. The minimum Gasteiger partial charge on any atom is -0.481 e. The molecular weight excluding hydrogens is 234 g/mol. The van der Waals surface area contributed by atoms with E-state index in [1.165, 1.54) is 0 Å². The first-order valence-electron chi connectivity index (χ1n) is 6.00. The molecule has 1 fully saturated rings. The van der Waals surface area contributed by atoms with Gasteiger partial charge in [0.05, 0.1) is 17.9 Å². The molecule has 5 nitrogen and oxygen atoms in total. The van der Waals surface area contributed by atoms with E-state index in [-0.39, 0.29) is 17.9 Å². The molecule has 0 spiro atoms. The summed E-state index contributed by atoms with van der Waals surface area (Å²) in [5.41, 5.74) is 0.938. The van der Waals surface area contributed by atoms with Gasteiger partial charge in [-0.1, -0.05) is 0 Å². The zero-order valence-electron chi connectivity index (χ0n) is 10.7. The molecule has 0 unspecified atom stereocenters. The van der Waals surface area contributed by atoms with Crippen LogP contribution in [0.4, 0.5) is 0 Å². The lowest BCUT2D eigenvalue weighted by Gasteiger charge is -2.12. The highest BCUT2D eigenvalue weighted by Crippen LogP contribution is 2.39. The van der Waals surface area contributed by atoms with Crippen LogP contribution in [0, 0.1) is 25.7 Å². The lowest BCUT2D eigenvalue weighted by atomic mass is 10.1. The van der Waals surface area contributed by atoms with E-state index in [9.17, 15) is 9.59 Å². The number of hydrogen-bond donors (Lipinski definition) is 2. The number of carboxylic acid groups (broad SMARTS) is 1. The Balaban J connectivity index is 1.96. The van der Waals surface area contributed by atoms with E-state index in [1.54, 1.807) is 0 Å². The topological polar surface area (TPSA) is 79.5 Å². The molecule has 1 aliphatic carbocycles. The van der Waals surface area contributed by atoms with Gasteiger partial charge in [-0.3, -0.25) is 9.59 Å². The number of aryl methyl sites for hydroxylation is 2. The van der Waals surface area contributed by atoms with Crippen molar-refractivity contribution < 1.29 is 19.1 Å². The van der Waals surface area contributed by atoms with E-state index in [4.69, 9.17) is 9.52 Å². The monoisotopic (exact) mass is 251 g/mol. The largest absolute Gasteiger partial charge is 0.481 e. The number of hydrogen-bond acceptors (Lipinski definition) is 3. The van der Waals surface area contributed by atoms with Gasteiger partial charge in [0, 0.05) is 5.56 Å². The molecule has 1 saturated carbocycles. The van der Waals surface area contributed by atoms with Gasteiger partial charge in [0.15, 0.2) is 0 Å². The third-order valence-electron chi connectivity index (χ3n) is 3.35. The molecule has 1 aromatic heterocycles. The Morgan fingerprint density at radius 1 is 1.44 bits per heavy atom. The van der Waals surface area contributed by atoms with Crippen LogP contribution in [-0.4, -0.2) is 17.0 Å².